The van der Waals surface area contributed by atoms with Crippen molar-refractivity contribution in [2.45, 2.75) is 76.3 Å². The minimum Gasteiger partial charge on any atom is -0.471 e. The lowest BCUT2D eigenvalue weighted by Crippen LogP contribution is -2.40. The Balaban J connectivity index is 1.29. The second kappa shape index (κ2) is 13.2. The van der Waals surface area contributed by atoms with Crippen LogP contribution in [0.25, 0.3) is 0 Å². The summed E-state index contributed by atoms with van der Waals surface area (Å²) >= 11 is 12.8. The summed E-state index contributed by atoms with van der Waals surface area (Å²) in [5.41, 5.74) is -1.87. The number of aliphatic imine (C=N–C) groups is 1. The Kier molecular flexibility index (Phi) is 9.84. The van der Waals surface area contributed by atoms with E-state index in [4.69, 9.17) is 27.9 Å². The van der Waals surface area contributed by atoms with E-state index in [1.807, 2.05) is 0 Å². The van der Waals surface area contributed by atoms with Crippen LogP contribution in [-0.2, 0) is 17.8 Å². The van der Waals surface area contributed by atoms with Crippen LogP contribution in [0, 0.1) is 11.3 Å². The van der Waals surface area contributed by atoms with E-state index in [1.54, 1.807) is 0 Å². The molecule has 2 saturated carbocycles. The van der Waals surface area contributed by atoms with Gasteiger partial charge in [0.05, 0.1) is 21.7 Å². The second-order valence-corrected chi connectivity index (χ2v) is 12.4. The zero-order chi connectivity index (χ0) is 34.3. The standard InChI is InChI=1S/C29H27Cl2F8N5O3/c30-18-6-1-13(11-40-26(46)27(7-8-27)29(37,38)39)21(31)22(18)42-20-10-14-9-17(25(44-23(14)43-20)47-12-19(32)33)24(45)41-16-4-2-15(3-5-16)28(34,35)36/h1,6,9,15-16,19H,2-5,7-8,10-12H2,(H,40,46)(H,41,45)(H,42,43,44). The minimum atomic E-state index is -4.68. The largest absolute Gasteiger partial charge is 0.471 e. The fraction of sp³-hybridized carbons (Fsp3) is 0.517. The summed E-state index contributed by atoms with van der Waals surface area (Å²) in [6, 6.07) is 3.61. The van der Waals surface area contributed by atoms with E-state index in [0.29, 0.717) is 5.56 Å². The van der Waals surface area contributed by atoms with Crippen molar-refractivity contribution in [1.29, 1.82) is 0 Å². The Morgan fingerprint density at radius 1 is 1.04 bits per heavy atom. The average molecular weight is 716 g/mol. The van der Waals surface area contributed by atoms with Crippen molar-refractivity contribution >= 4 is 52.4 Å². The molecule has 0 spiro atoms. The van der Waals surface area contributed by atoms with E-state index in [0.717, 1.165) is 0 Å². The van der Waals surface area contributed by atoms with Crippen molar-refractivity contribution in [3.8, 4) is 5.88 Å². The normalized spacial score (nSPS) is 20.4. The number of nitrogens with one attached hydrogen (secondary N) is 3. The van der Waals surface area contributed by atoms with Crippen molar-refractivity contribution in [2.24, 2.45) is 16.3 Å². The van der Waals surface area contributed by atoms with Crippen molar-refractivity contribution in [3.05, 3.63) is 44.9 Å². The van der Waals surface area contributed by atoms with Gasteiger partial charge in [-0.05, 0) is 56.2 Å². The molecule has 256 valence electrons. The molecule has 8 nitrogen and oxygen atoms in total. The van der Waals surface area contributed by atoms with Gasteiger partial charge in [0, 0.05) is 24.6 Å². The molecule has 2 heterocycles. The van der Waals surface area contributed by atoms with Crippen molar-refractivity contribution in [1.82, 2.24) is 15.6 Å². The third-order valence-corrected chi connectivity index (χ3v) is 9.11. The lowest BCUT2D eigenvalue weighted by molar-refractivity contribution is -0.192. The predicted molar refractivity (Wildman–Crippen MR) is 155 cm³/mol. The zero-order valence-corrected chi connectivity index (χ0v) is 25.7. The molecule has 0 unspecified atom stereocenters. The Morgan fingerprint density at radius 3 is 2.32 bits per heavy atom. The molecule has 1 aliphatic heterocycles. The minimum absolute atomic E-state index is 0.0115. The Bertz CT molecular complexity index is 1570. The smallest absolute Gasteiger partial charge is 0.403 e. The summed E-state index contributed by atoms with van der Waals surface area (Å²) in [4.78, 5) is 33.9. The summed E-state index contributed by atoms with van der Waals surface area (Å²) in [7, 11) is 0. The maximum absolute atomic E-state index is 13.3. The number of ether oxygens (including phenoxy) is 1. The molecule has 1 aromatic carbocycles. The van der Waals surface area contributed by atoms with Gasteiger partial charge in [-0.25, -0.2) is 13.8 Å². The summed E-state index contributed by atoms with van der Waals surface area (Å²) in [6.07, 6.45) is -12.7. The first-order valence-corrected chi connectivity index (χ1v) is 15.2. The number of hydrogen-bond acceptors (Lipinski definition) is 6. The highest BCUT2D eigenvalue weighted by molar-refractivity contribution is 6.40. The molecule has 3 N–H and O–H groups in total. The molecule has 2 amide bonds. The highest BCUT2D eigenvalue weighted by Gasteiger charge is 2.68. The van der Waals surface area contributed by atoms with Gasteiger partial charge >= 0.3 is 12.4 Å². The molecular formula is C29H27Cl2F8N5O3. The lowest BCUT2D eigenvalue weighted by atomic mass is 9.85. The number of nitrogens with zero attached hydrogens (tertiary/aromatic N) is 2. The fourth-order valence-corrected chi connectivity index (χ4v) is 6.05. The Hall–Kier alpha value is -3.40. The van der Waals surface area contributed by atoms with Crippen LogP contribution < -0.4 is 20.7 Å². The summed E-state index contributed by atoms with van der Waals surface area (Å²) in [5, 5.41) is 7.93. The van der Waals surface area contributed by atoms with Crippen molar-refractivity contribution in [2.75, 3.05) is 11.9 Å². The number of rotatable bonds is 9. The van der Waals surface area contributed by atoms with E-state index in [2.05, 4.69) is 25.9 Å². The van der Waals surface area contributed by atoms with Crippen LogP contribution in [0.2, 0.25) is 10.0 Å². The van der Waals surface area contributed by atoms with Gasteiger partial charge < -0.3 is 20.7 Å². The highest BCUT2D eigenvalue weighted by atomic mass is 35.5. The molecular weight excluding hydrogens is 689 g/mol. The summed E-state index contributed by atoms with van der Waals surface area (Å²) in [6.45, 7) is -1.41. The number of fused-ring (bicyclic) bond motifs is 1. The molecule has 2 aliphatic carbocycles. The first kappa shape index (κ1) is 34.9. The fourth-order valence-electron chi connectivity index (χ4n) is 5.52. The van der Waals surface area contributed by atoms with Gasteiger partial charge in [-0.15, -0.1) is 0 Å². The number of amidine groups is 1. The zero-order valence-electron chi connectivity index (χ0n) is 24.2. The number of benzene rings is 1. The molecule has 18 heteroatoms. The van der Waals surface area contributed by atoms with Crippen LogP contribution in [0.3, 0.4) is 0 Å². The number of carbonyl (C=O) groups excluding carboxylic acids is 2. The molecule has 5 rings (SSSR count). The monoisotopic (exact) mass is 715 g/mol. The molecule has 0 bridgehead atoms. The van der Waals surface area contributed by atoms with E-state index >= 15 is 0 Å². The number of hydrogen-bond donors (Lipinski definition) is 3. The maximum atomic E-state index is 13.3. The Labute approximate surface area is 272 Å². The van der Waals surface area contributed by atoms with E-state index in [9.17, 15) is 44.7 Å². The van der Waals surface area contributed by atoms with Gasteiger partial charge in [-0.3, -0.25) is 9.59 Å². The van der Waals surface area contributed by atoms with E-state index < -0.39 is 60.5 Å². The number of anilines is 1. The van der Waals surface area contributed by atoms with Crippen LogP contribution in [0.15, 0.2) is 23.2 Å². The number of amides is 2. The number of alkyl halides is 8. The van der Waals surface area contributed by atoms with Crippen molar-refractivity contribution in [3.63, 3.8) is 0 Å². The number of carbonyl (C=O) groups is 2. The first-order valence-electron chi connectivity index (χ1n) is 14.5. The van der Waals surface area contributed by atoms with Crippen LogP contribution in [0.4, 0.5) is 46.6 Å². The third-order valence-electron chi connectivity index (χ3n) is 8.37. The molecule has 3 aliphatic rings. The SMILES string of the molecule is O=C(NC1CCC(C(F)(F)F)CC1)c1cc2c(nc1OCC(F)F)N=C(Nc1c(Cl)ccc(CNC(=O)C3(C(F)(F)F)CC3)c1Cl)C2. The quantitative estimate of drug-likeness (QED) is 0.233. The molecule has 0 saturated heterocycles. The van der Waals surface area contributed by atoms with Crippen LogP contribution >= 0.6 is 23.2 Å². The van der Waals surface area contributed by atoms with Crippen LogP contribution in [0.1, 0.15) is 60.0 Å². The first-order chi connectivity index (χ1) is 22.0. The van der Waals surface area contributed by atoms with Gasteiger partial charge in [0.2, 0.25) is 11.8 Å². The molecule has 47 heavy (non-hydrogen) atoms. The maximum Gasteiger partial charge on any atom is 0.403 e. The Morgan fingerprint density at radius 2 is 1.72 bits per heavy atom. The van der Waals surface area contributed by atoms with Gasteiger partial charge in [-0.2, -0.15) is 31.3 Å². The topological polar surface area (TPSA) is 105 Å². The second-order valence-electron chi connectivity index (χ2n) is 11.6. The van der Waals surface area contributed by atoms with E-state index in [1.165, 1.54) is 18.2 Å². The van der Waals surface area contributed by atoms with Gasteiger partial charge in [0.1, 0.15) is 16.8 Å². The third kappa shape index (κ3) is 7.68. The average Bonchev–Trinajstić information content (AvgIpc) is 3.73. The van der Waals surface area contributed by atoms with Gasteiger partial charge in [0.15, 0.2) is 12.4 Å². The van der Waals surface area contributed by atoms with Gasteiger partial charge in [0.25, 0.3) is 12.3 Å². The number of aromatic nitrogens is 1. The highest BCUT2D eigenvalue weighted by Crippen LogP contribution is 2.57. The predicted octanol–water partition coefficient (Wildman–Crippen LogP) is 7.54. The lowest BCUT2D eigenvalue weighted by Gasteiger charge is -2.30. The van der Waals surface area contributed by atoms with E-state index in [-0.39, 0.29) is 90.0 Å². The van der Waals surface area contributed by atoms with Crippen LogP contribution in [0.5, 0.6) is 5.88 Å². The van der Waals surface area contributed by atoms with Crippen LogP contribution in [-0.4, -0.2) is 54.1 Å². The molecule has 2 fully saturated rings. The summed E-state index contributed by atoms with van der Waals surface area (Å²) in [5.74, 6) is -3.61. The molecule has 2 aromatic rings. The number of halogens is 10. The molecule has 0 radical (unpaired) electrons. The molecule has 1 aromatic heterocycles. The molecule has 0 atom stereocenters. The van der Waals surface area contributed by atoms with Crippen molar-refractivity contribution < 1.29 is 49.4 Å². The van der Waals surface area contributed by atoms with Gasteiger partial charge in [-0.1, -0.05) is 29.3 Å². The summed E-state index contributed by atoms with van der Waals surface area (Å²) < 4.78 is 110. The number of pyridine rings is 1.